The van der Waals surface area contributed by atoms with E-state index in [1.165, 1.54) is 70.6 Å². The zero-order chi connectivity index (χ0) is 39.8. The summed E-state index contributed by atoms with van der Waals surface area (Å²) in [6.45, 7) is 3.38. The number of nitrogens with one attached hydrogen (secondary N) is 1. The first-order chi connectivity index (χ1) is 26.2. The lowest BCUT2D eigenvalue weighted by molar-refractivity contribution is -0.303. The van der Waals surface area contributed by atoms with Crippen LogP contribution in [0.2, 0.25) is 0 Å². The quantitative estimate of drug-likeness (QED) is 0.0269. The van der Waals surface area contributed by atoms with Gasteiger partial charge in [-0.25, -0.2) is 0 Å². The monoisotopic (exact) mass is 772 g/mol. The fraction of sp³-hybridized carbons (Fsp3) is 0.884. The van der Waals surface area contributed by atoms with Crippen molar-refractivity contribution in [3.8, 4) is 0 Å². The van der Waals surface area contributed by atoms with Gasteiger partial charge in [-0.2, -0.15) is 0 Å². The van der Waals surface area contributed by atoms with Crippen LogP contribution in [-0.2, 0) is 14.3 Å². The standard InChI is InChI=1S/C43H81NO10/c1-3-5-7-9-11-13-15-16-17-18-19-21-23-25-27-29-31-36(47)42(52)44-34(33-53-43-41(51)40(50)39(49)37(32-45)54-43)38(48)35(46)30-28-26-24-22-20-14-12-10-8-6-4-2/h11,13,16-17,34-41,43,45-51H,3-10,12,14-15,18-33H2,1-2H3,(H,44,52)/b13-11-,17-16-. The Labute approximate surface area is 327 Å². The molecule has 9 atom stereocenters. The van der Waals surface area contributed by atoms with E-state index in [9.17, 15) is 40.5 Å². The van der Waals surface area contributed by atoms with Gasteiger partial charge in [0.2, 0.25) is 5.91 Å². The molecule has 11 heteroatoms. The Morgan fingerprint density at radius 3 is 1.69 bits per heavy atom. The largest absolute Gasteiger partial charge is 0.394 e. The number of allylic oxidation sites excluding steroid dienone is 4. The van der Waals surface area contributed by atoms with E-state index in [0.717, 1.165) is 64.2 Å². The summed E-state index contributed by atoms with van der Waals surface area (Å²) in [4.78, 5) is 13.0. The molecule has 0 radical (unpaired) electrons. The molecule has 1 amide bonds. The van der Waals surface area contributed by atoms with Gasteiger partial charge in [0, 0.05) is 0 Å². The highest BCUT2D eigenvalue weighted by Crippen LogP contribution is 2.23. The molecule has 0 aromatic heterocycles. The van der Waals surface area contributed by atoms with Crippen LogP contribution in [0.4, 0.5) is 0 Å². The van der Waals surface area contributed by atoms with Gasteiger partial charge >= 0.3 is 0 Å². The average Bonchev–Trinajstić information content (AvgIpc) is 3.17. The first-order valence-electron chi connectivity index (χ1n) is 21.7. The van der Waals surface area contributed by atoms with Crippen molar-refractivity contribution in [1.29, 1.82) is 0 Å². The lowest BCUT2D eigenvalue weighted by Gasteiger charge is -2.40. The first-order valence-corrected chi connectivity index (χ1v) is 21.7. The van der Waals surface area contributed by atoms with E-state index in [4.69, 9.17) is 9.47 Å². The third kappa shape index (κ3) is 23.6. The van der Waals surface area contributed by atoms with Gasteiger partial charge in [0.25, 0.3) is 0 Å². The minimum absolute atomic E-state index is 0.248. The molecule has 11 nitrogen and oxygen atoms in total. The van der Waals surface area contributed by atoms with Gasteiger partial charge in [-0.3, -0.25) is 4.79 Å². The van der Waals surface area contributed by atoms with Gasteiger partial charge in [-0.05, 0) is 44.9 Å². The molecule has 0 spiro atoms. The summed E-state index contributed by atoms with van der Waals surface area (Å²) >= 11 is 0. The molecule has 318 valence electrons. The lowest BCUT2D eigenvalue weighted by atomic mass is 9.98. The molecule has 8 N–H and O–H groups in total. The molecule has 1 saturated heterocycles. The van der Waals surface area contributed by atoms with Gasteiger partial charge in [-0.15, -0.1) is 0 Å². The van der Waals surface area contributed by atoms with Crippen LogP contribution in [0.3, 0.4) is 0 Å². The second-order valence-corrected chi connectivity index (χ2v) is 15.4. The summed E-state index contributed by atoms with van der Waals surface area (Å²) in [7, 11) is 0. The highest BCUT2D eigenvalue weighted by atomic mass is 16.7. The van der Waals surface area contributed by atoms with E-state index in [1.54, 1.807) is 0 Å². The van der Waals surface area contributed by atoms with Gasteiger partial charge in [0.05, 0.1) is 25.4 Å². The number of ether oxygens (including phenoxy) is 2. The third-order valence-electron chi connectivity index (χ3n) is 10.5. The number of unbranched alkanes of at least 4 members (excludes halogenated alkanes) is 19. The van der Waals surface area contributed by atoms with Crippen LogP contribution < -0.4 is 5.32 Å². The van der Waals surface area contributed by atoms with Crippen LogP contribution in [0.5, 0.6) is 0 Å². The number of rotatable bonds is 35. The van der Waals surface area contributed by atoms with Crippen LogP contribution in [-0.4, -0.2) is 110 Å². The molecule has 0 aromatic carbocycles. The number of carbonyl (C=O) groups excluding carboxylic acids is 1. The van der Waals surface area contributed by atoms with Crippen LogP contribution >= 0.6 is 0 Å². The molecule has 1 fully saturated rings. The van der Waals surface area contributed by atoms with E-state index in [2.05, 4.69) is 43.5 Å². The minimum atomic E-state index is -1.66. The van der Waals surface area contributed by atoms with Crippen LogP contribution in [0.25, 0.3) is 0 Å². The fourth-order valence-corrected chi connectivity index (χ4v) is 6.82. The Balaban J connectivity index is 2.50. The summed E-state index contributed by atoms with van der Waals surface area (Å²) in [6.07, 6.45) is 23.7. The normalized spacial score (nSPS) is 22.9. The van der Waals surface area contributed by atoms with Crippen molar-refractivity contribution in [1.82, 2.24) is 5.32 Å². The molecule has 0 aromatic rings. The zero-order valence-corrected chi connectivity index (χ0v) is 34.0. The van der Waals surface area contributed by atoms with Crippen molar-refractivity contribution in [3.05, 3.63) is 24.3 Å². The predicted octanol–water partition coefficient (Wildman–Crippen LogP) is 6.28. The number of hydrogen-bond donors (Lipinski definition) is 8. The summed E-state index contributed by atoms with van der Waals surface area (Å²) < 4.78 is 11.1. The molecule has 9 unspecified atom stereocenters. The van der Waals surface area contributed by atoms with E-state index in [1.807, 2.05) is 0 Å². The molecule has 0 bridgehead atoms. The summed E-state index contributed by atoms with van der Waals surface area (Å²) in [5.41, 5.74) is 0. The van der Waals surface area contributed by atoms with Crippen molar-refractivity contribution < 1.29 is 50.0 Å². The summed E-state index contributed by atoms with van der Waals surface area (Å²) in [5.74, 6) is -0.707. The van der Waals surface area contributed by atoms with Gasteiger partial charge < -0.3 is 50.5 Å². The number of carbonyl (C=O) groups is 1. The smallest absolute Gasteiger partial charge is 0.249 e. The Morgan fingerprint density at radius 1 is 0.648 bits per heavy atom. The van der Waals surface area contributed by atoms with Crippen molar-refractivity contribution in [2.75, 3.05) is 13.2 Å². The van der Waals surface area contributed by atoms with Crippen molar-refractivity contribution in [3.63, 3.8) is 0 Å². The molecule has 54 heavy (non-hydrogen) atoms. The number of aliphatic hydroxyl groups is 7. The van der Waals surface area contributed by atoms with Crippen molar-refractivity contribution in [2.45, 2.75) is 229 Å². The maximum atomic E-state index is 13.0. The number of amides is 1. The molecule has 1 aliphatic heterocycles. The van der Waals surface area contributed by atoms with E-state index in [0.29, 0.717) is 19.3 Å². The highest BCUT2D eigenvalue weighted by Gasteiger charge is 2.44. The first kappa shape index (κ1) is 50.6. The Bertz CT molecular complexity index is 934. The fourth-order valence-electron chi connectivity index (χ4n) is 6.82. The molecular weight excluding hydrogens is 690 g/mol. The summed E-state index contributed by atoms with van der Waals surface area (Å²) in [6, 6.07) is -1.17. The lowest BCUT2D eigenvalue weighted by Crippen LogP contribution is -2.60. The Kier molecular flexibility index (Phi) is 31.6. The van der Waals surface area contributed by atoms with Gasteiger partial charge in [-0.1, -0.05) is 154 Å². The van der Waals surface area contributed by atoms with Crippen LogP contribution in [0, 0.1) is 0 Å². The maximum absolute atomic E-state index is 13.0. The van der Waals surface area contributed by atoms with Crippen molar-refractivity contribution in [2.24, 2.45) is 0 Å². The number of hydrogen-bond acceptors (Lipinski definition) is 10. The molecule has 1 rings (SSSR count). The van der Waals surface area contributed by atoms with Crippen molar-refractivity contribution >= 4 is 5.91 Å². The zero-order valence-electron chi connectivity index (χ0n) is 34.0. The number of aliphatic hydroxyl groups excluding tert-OH is 7. The van der Waals surface area contributed by atoms with Crippen LogP contribution in [0.15, 0.2) is 24.3 Å². The van der Waals surface area contributed by atoms with Gasteiger partial charge in [0.15, 0.2) is 6.29 Å². The molecular formula is C43H81NO10. The van der Waals surface area contributed by atoms with E-state index >= 15 is 0 Å². The Morgan fingerprint density at radius 2 is 1.13 bits per heavy atom. The molecule has 0 saturated carbocycles. The average molecular weight is 772 g/mol. The second kappa shape index (κ2) is 33.7. The highest BCUT2D eigenvalue weighted by molar-refractivity contribution is 5.80. The summed E-state index contributed by atoms with van der Waals surface area (Å²) in [5, 5.41) is 75.4. The third-order valence-corrected chi connectivity index (χ3v) is 10.5. The molecule has 1 aliphatic rings. The van der Waals surface area contributed by atoms with E-state index < -0.39 is 74.2 Å². The second-order valence-electron chi connectivity index (χ2n) is 15.4. The Hall–Kier alpha value is -1.41. The van der Waals surface area contributed by atoms with E-state index in [-0.39, 0.29) is 6.42 Å². The predicted molar refractivity (Wildman–Crippen MR) is 215 cm³/mol. The minimum Gasteiger partial charge on any atom is -0.394 e. The molecule has 0 aliphatic carbocycles. The van der Waals surface area contributed by atoms with Gasteiger partial charge in [0.1, 0.15) is 36.6 Å². The van der Waals surface area contributed by atoms with Crippen LogP contribution in [0.1, 0.15) is 174 Å². The maximum Gasteiger partial charge on any atom is 0.249 e. The SMILES string of the molecule is CCCCC/C=C\C/C=C\CCCCCCCCC(O)C(=O)NC(COC1OC(CO)C(O)C(O)C1O)C(O)C(O)CCCCCCCCCCCCC. The topological polar surface area (TPSA) is 189 Å². The molecule has 1 heterocycles.